The lowest BCUT2D eigenvalue weighted by molar-refractivity contribution is -0.750. The van der Waals surface area contributed by atoms with Gasteiger partial charge in [-0.15, -0.1) is 0 Å². The van der Waals surface area contributed by atoms with Crippen LogP contribution in [0.25, 0.3) is 0 Å². The van der Waals surface area contributed by atoms with Gasteiger partial charge >= 0.3 is 0 Å². The van der Waals surface area contributed by atoms with Crippen molar-refractivity contribution in [2.75, 3.05) is 26.4 Å². The second-order valence-corrected chi connectivity index (χ2v) is 10.2. The molecule has 1 aliphatic carbocycles. The summed E-state index contributed by atoms with van der Waals surface area (Å²) in [6.45, 7) is 14.8. The molecule has 3 fully saturated rings. The number of fused-ring (bicyclic) bond motifs is 2. The molecule has 0 aromatic carbocycles. The van der Waals surface area contributed by atoms with Crippen LogP contribution in [0.3, 0.4) is 0 Å². The van der Waals surface area contributed by atoms with Gasteiger partial charge in [0.1, 0.15) is 38.8 Å². The smallest absolute Gasteiger partial charge is 0.225 e. The highest BCUT2D eigenvalue weighted by atomic mass is 16.6. The molecular formula is C26H34N6O6. The topological polar surface area (TPSA) is 141 Å². The predicted molar refractivity (Wildman–Crippen MR) is 141 cm³/mol. The van der Waals surface area contributed by atoms with Gasteiger partial charge in [-0.05, 0) is 52.6 Å². The first-order chi connectivity index (χ1) is 18.4. The molecule has 2 saturated heterocycles. The van der Waals surface area contributed by atoms with E-state index in [1.165, 1.54) is 12.4 Å². The normalized spacial score (nSPS) is 32.2. The first-order valence-electron chi connectivity index (χ1n) is 12.8. The molecule has 38 heavy (non-hydrogen) atoms. The van der Waals surface area contributed by atoms with Crippen LogP contribution in [-0.4, -0.2) is 64.6 Å². The maximum absolute atomic E-state index is 13.0. The Morgan fingerprint density at radius 2 is 0.974 bits per heavy atom. The summed E-state index contributed by atoms with van der Waals surface area (Å²) in [5.74, 6) is 1.86. The van der Waals surface area contributed by atoms with Crippen LogP contribution in [0.1, 0.15) is 38.5 Å². The van der Waals surface area contributed by atoms with Crippen molar-refractivity contribution in [2.24, 2.45) is 31.8 Å². The number of rotatable bonds is 6. The molecule has 1 saturated carbocycles. The fourth-order valence-corrected chi connectivity index (χ4v) is 5.70. The molecule has 0 amide bonds. The molecule has 12 heteroatoms. The highest BCUT2D eigenvalue weighted by Crippen LogP contribution is 2.38. The number of quaternary nitrogens is 2. The van der Waals surface area contributed by atoms with E-state index < -0.39 is 11.3 Å². The maximum atomic E-state index is 13.0. The molecule has 2 atom stereocenters. The van der Waals surface area contributed by atoms with Crippen molar-refractivity contribution < 1.29 is 29.1 Å². The quantitative estimate of drug-likeness (QED) is 0.387. The van der Waals surface area contributed by atoms with E-state index in [9.17, 15) is 10.4 Å². The summed E-state index contributed by atoms with van der Waals surface area (Å²) < 4.78 is 23.8. The highest BCUT2D eigenvalue weighted by Gasteiger charge is 2.43. The van der Waals surface area contributed by atoms with Crippen LogP contribution in [0.15, 0.2) is 66.8 Å². The summed E-state index contributed by atoms with van der Waals surface area (Å²) in [6, 6.07) is 0. The van der Waals surface area contributed by atoms with E-state index in [1.54, 1.807) is 0 Å². The molecule has 2 N–H and O–H groups in total. The summed E-state index contributed by atoms with van der Waals surface area (Å²) in [6.07, 6.45) is 7.78. The number of nitrogens with zero attached hydrogens (tertiary/aromatic N) is 4. The average Bonchev–Trinajstić information content (AvgIpc) is 3.24. The molecule has 0 aromatic heterocycles. The molecule has 12 nitrogen and oxygen atoms in total. The summed E-state index contributed by atoms with van der Waals surface area (Å²) in [7, 11) is 0. The minimum Gasteiger partial charge on any atom is -0.624 e. The van der Waals surface area contributed by atoms with Gasteiger partial charge in [-0.1, -0.05) is 12.8 Å². The molecule has 5 aliphatic rings. The number of hydrogen-bond acceptors (Lipinski definition) is 10. The van der Waals surface area contributed by atoms with Crippen molar-refractivity contribution in [3.63, 3.8) is 0 Å². The average molecular weight is 527 g/mol. The third kappa shape index (κ3) is 4.57. The number of aliphatic imine (C=N–C) groups is 4. The second kappa shape index (κ2) is 10.4. The Bertz CT molecular complexity index is 1030. The molecule has 0 radical (unpaired) electrons. The van der Waals surface area contributed by atoms with Crippen molar-refractivity contribution in [3.05, 3.63) is 57.2 Å². The van der Waals surface area contributed by atoms with Gasteiger partial charge in [0, 0.05) is 11.8 Å². The van der Waals surface area contributed by atoms with Crippen molar-refractivity contribution in [1.29, 1.82) is 0 Å². The highest BCUT2D eigenvalue weighted by molar-refractivity contribution is 5.35. The van der Waals surface area contributed by atoms with Crippen molar-refractivity contribution in [2.45, 2.75) is 49.9 Å². The molecule has 2 unspecified atom stereocenters. The fourth-order valence-electron chi connectivity index (χ4n) is 5.70. The van der Waals surface area contributed by atoms with Crippen molar-refractivity contribution in [1.82, 2.24) is 0 Å². The van der Waals surface area contributed by atoms with E-state index in [1.807, 2.05) is 0 Å². The van der Waals surface area contributed by atoms with Gasteiger partial charge in [-0.25, -0.2) is 0 Å². The SMILES string of the molecule is C=NC1(N=C)COC2=C[NH+]([O-])C(C3CCCC(C4=C5OCC(N=C)(N=C)COC5=C[NH+]4[O-])CCC3)=C2OC1. The number of nitrogens with one attached hydrogen (secondary N) is 2. The van der Waals surface area contributed by atoms with E-state index in [4.69, 9.17) is 18.9 Å². The molecular weight excluding hydrogens is 492 g/mol. The predicted octanol–water partition coefficient (Wildman–Crippen LogP) is 0.760. The molecule has 4 heterocycles. The van der Waals surface area contributed by atoms with Gasteiger partial charge in [0.2, 0.25) is 34.4 Å². The zero-order chi connectivity index (χ0) is 26.9. The van der Waals surface area contributed by atoms with Gasteiger partial charge in [0.05, 0.1) is 0 Å². The number of ether oxygens (including phenoxy) is 4. The van der Waals surface area contributed by atoms with E-state index in [2.05, 4.69) is 46.8 Å². The Morgan fingerprint density at radius 3 is 1.32 bits per heavy atom. The summed E-state index contributed by atoms with van der Waals surface area (Å²) in [4.78, 5) is 16.1. The maximum Gasteiger partial charge on any atom is 0.225 e. The Morgan fingerprint density at radius 1 is 0.632 bits per heavy atom. The Hall–Kier alpha value is -3.32. The largest absolute Gasteiger partial charge is 0.624 e. The van der Waals surface area contributed by atoms with Gasteiger partial charge in [0.25, 0.3) is 0 Å². The summed E-state index contributed by atoms with van der Waals surface area (Å²) in [5, 5.41) is 25.8. The first-order valence-corrected chi connectivity index (χ1v) is 12.8. The third-order valence-electron chi connectivity index (χ3n) is 8.01. The van der Waals surface area contributed by atoms with E-state index in [0.29, 0.717) is 34.4 Å². The van der Waals surface area contributed by atoms with Crippen LogP contribution in [0.5, 0.6) is 0 Å². The minimum atomic E-state index is -0.997. The zero-order valence-corrected chi connectivity index (χ0v) is 21.4. The first kappa shape index (κ1) is 26.3. The van der Waals surface area contributed by atoms with Crippen molar-refractivity contribution >= 4 is 26.9 Å². The van der Waals surface area contributed by atoms with E-state index in [0.717, 1.165) is 38.5 Å². The van der Waals surface area contributed by atoms with Crippen LogP contribution in [0.4, 0.5) is 0 Å². The van der Waals surface area contributed by atoms with E-state index in [-0.39, 0.29) is 48.4 Å². The Kier molecular flexibility index (Phi) is 7.23. The van der Waals surface area contributed by atoms with Gasteiger partial charge < -0.3 is 39.5 Å². The molecule has 5 rings (SSSR count). The molecule has 4 aliphatic heterocycles. The lowest BCUT2D eigenvalue weighted by atomic mass is 9.82. The van der Waals surface area contributed by atoms with Crippen LogP contribution >= 0.6 is 0 Å². The van der Waals surface area contributed by atoms with E-state index >= 15 is 0 Å². The lowest BCUT2D eigenvalue weighted by Crippen LogP contribution is -3.00. The molecule has 0 bridgehead atoms. The number of allylic oxidation sites excluding steroid dienone is 2. The van der Waals surface area contributed by atoms with Crippen molar-refractivity contribution in [3.8, 4) is 0 Å². The summed E-state index contributed by atoms with van der Waals surface area (Å²) in [5.41, 5.74) is -0.696. The fraction of sp³-hybridized carbons (Fsp3) is 0.538. The third-order valence-corrected chi connectivity index (χ3v) is 8.01. The van der Waals surface area contributed by atoms with Gasteiger partial charge in [-0.3, -0.25) is 20.0 Å². The van der Waals surface area contributed by atoms with Crippen LogP contribution in [0.2, 0.25) is 0 Å². The standard InChI is InChI=1S/C26H34N6O6/c1-27-25(28-2)13-35-19-11-31(33)21(23(19)37-15-25)17-7-5-9-18(10-6-8-17)22-24-20(12-32(22)34)36-14-26(29-3,30-4)16-38-24/h11-12,17-18,31-32H,1-10,13-16H2. The summed E-state index contributed by atoms with van der Waals surface area (Å²) >= 11 is 0. The van der Waals surface area contributed by atoms with Crippen LogP contribution < -0.4 is 10.1 Å². The molecule has 0 aromatic rings. The second-order valence-electron chi connectivity index (χ2n) is 10.2. The number of hydrogen-bond donors (Lipinski definition) is 2. The van der Waals surface area contributed by atoms with Crippen LogP contribution in [0, 0.1) is 22.3 Å². The Labute approximate surface area is 221 Å². The number of hydroxylamine groups is 4. The lowest BCUT2D eigenvalue weighted by Gasteiger charge is -2.30. The zero-order valence-electron chi connectivity index (χ0n) is 21.4. The molecule has 0 spiro atoms. The minimum absolute atomic E-state index is 0.0257. The monoisotopic (exact) mass is 526 g/mol. The Balaban J connectivity index is 1.30. The molecule has 204 valence electrons. The van der Waals surface area contributed by atoms with Gasteiger partial charge in [0.15, 0.2) is 11.4 Å². The van der Waals surface area contributed by atoms with Gasteiger partial charge in [-0.2, -0.15) is 0 Å². The van der Waals surface area contributed by atoms with Crippen LogP contribution in [-0.2, 0) is 18.9 Å².